The highest BCUT2D eigenvalue weighted by atomic mass is 32.1. The number of aryl methyl sites for hydroxylation is 1. The molecule has 1 aliphatic rings. The lowest BCUT2D eigenvalue weighted by atomic mass is 9.86. The number of alkyl halides is 3. The fourth-order valence-corrected chi connectivity index (χ4v) is 3.70. The number of rotatable bonds is 2. The van der Waals surface area contributed by atoms with Crippen molar-refractivity contribution in [2.45, 2.75) is 31.5 Å². The molecule has 1 unspecified atom stereocenters. The molecule has 1 heterocycles. The molecule has 3 nitrogen and oxygen atoms in total. The Morgan fingerprint density at radius 1 is 1.24 bits per heavy atom. The van der Waals surface area contributed by atoms with Gasteiger partial charge in [-0.2, -0.15) is 0 Å². The summed E-state index contributed by atoms with van der Waals surface area (Å²) in [7, 11) is 0. The SMILES string of the molecule is Nc1nc2c(s1)C(c1ccc(OC(F)(F)F)cc1)CCC2. The van der Waals surface area contributed by atoms with Gasteiger partial charge in [0.15, 0.2) is 5.13 Å². The number of aromatic nitrogens is 1. The first-order valence-corrected chi connectivity index (χ1v) is 7.35. The maximum atomic E-state index is 12.2. The minimum absolute atomic E-state index is 0.156. The number of thiazole rings is 1. The lowest BCUT2D eigenvalue weighted by molar-refractivity contribution is -0.274. The summed E-state index contributed by atoms with van der Waals surface area (Å²) >= 11 is 1.46. The standard InChI is InChI=1S/C14H13F3N2OS/c15-14(16,17)20-9-6-4-8(5-7-9)10-2-1-3-11-12(10)21-13(18)19-11/h4-7,10H,1-3H2,(H2,18,19). The number of hydrogen-bond acceptors (Lipinski definition) is 4. The van der Waals surface area contributed by atoms with Gasteiger partial charge in [-0.15, -0.1) is 24.5 Å². The van der Waals surface area contributed by atoms with Crippen LogP contribution in [-0.4, -0.2) is 11.3 Å². The molecule has 0 amide bonds. The molecule has 0 bridgehead atoms. The fraction of sp³-hybridized carbons (Fsp3) is 0.357. The van der Waals surface area contributed by atoms with E-state index in [0.717, 1.165) is 35.4 Å². The Balaban J connectivity index is 1.85. The first kappa shape index (κ1) is 14.2. The van der Waals surface area contributed by atoms with E-state index in [4.69, 9.17) is 5.73 Å². The number of fused-ring (bicyclic) bond motifs is 1. The number of benzene rings is 1. The molecule has 1 aliphatic carbocycles. The van der Waals surface area contributed by atoms with Gasteiger partial charge < -0.3 is 10.5 Å². The van der Waals surface area contributed by atoms with Crippen molar-refractivity contribution in [3.8, 4) is 5.75 Å². The highest BCUT2D eigenvalue weighted by Crippen LogP contribution is 2.41. The molecule has 7 heteroatoms. The quantitative estimate of drug-likeness (QED) is 0.908. The third-order valence-corrected chi connectivity index (χ3v) is 4.52. The van der Waals surface area contributed by atoms with E-state index in [-0.39, 0.29) is 11.7 Å². The molecular formula is C14H13F3N2OS. The molecule has 0 saturated carbocycles. The molecular weight excluding hydrogens is 301 g/mol. The van der Waals surface area contributed by atoms with Crippen LogP contribution in [0, 0.1) is 0 Å². The van der Waals surface area contributed by atoms with Crippen LogP contribution in [0.4, 0.5) is 18.3 Å². The Bertz CT molecular complexity index is 637. The smallest absolute Gasteiger partial charge is 0.406 e. The number of nitrogens with two attached hydrogens (primary N) is 1. The lowest BCUT2D eigenvalue weighted by Gasteiger charge is -2.21. The molecule has 1 aromatic carbocycles. The van der Waals surface area contributed by atoms with Crippen LogP contribution in [0.5, 0.6) is 5.75 Å². The molecule has 0 fully saturated rings. The zero-order chi connectivity index (χ0) is 15.0. The molecule has 2 aromatic rings. The van der Waals surface area contributed by atoms with E-state index < -0.39 is 6.36 Å². The fourth-order valence-electron chi connectivity index (χ4n) is 2.66. The Hall–Kier alpha value is -1.76. The van der Waals surface area contributed by atoms with E-state index in [2.05, 4.69) is 9.72 Å². The van der Waals surface area contributed by atoms with E-state index >= 15 is 0 Å². The second-order valence-corrected chi connectivity index (χ2v) is 5.99. The minimum atomic E-state index is -4.66. The van der Waals surface area contributed by atoms with E-state index in [1.165, 1.54) is 23.5 Å². The predicted octanol–water partition coefficient (Wildman–Crippen LogP) is 4.09. The van der Waals surface area contributed by atoms with Gasteiger partial charge in [-0.1, -0.05) is 12.1 Å². The van der Waals surface area contributed by atoms with Crippen LogP contribution in [0.3, 0.4) is 0 Å². The molecule has 3 rings (SSSR count). The van der Waals surface area contributed by atoms with Crippen molar-refractivity contribution < 1.29 is 17.9 Å². The Labute approximate surface area is 123 Å². The zero-order valence-corrected chi connectivity index (χ0v) is 11.8. The third-order valence-electron chi connectivity index (χ3n) is 3.48. The van der Waals surface area contributed by atoms with Crippen molar-refractivity contribution in [3.05, 3.63) is 40.4 Å². The van der Waals surface area contributed by atoms with Crippen LogP contribution >= 0.6 is 11.3 Å². The van der Waals surface area contributed by atoms with Crippen molar-refractivity contribution in [2.75, 3.05) is 5.73 Å². The first-order chi connectivity index (χ1) is 9.92. The van der Waals surface area contributed by atoms with Gasteiger partial charge in [0.05, 0.1) is 5.69 Å². The largest absolute Gasteiger partial charge is 0.573 e. The van der Waals surface area contributed by atoms with Crippen molar-refractivity contribution in [1.82, 2.24) is 4.98 Å². The normalized spacial score (nSPS) is 18.3. The molecule has 1 atom stereocenters. The Morgan fingerprint density at radius 2 is 1.95 bits per heavy atom. The highest BCUT2D eigenvalue weighted by molar-refractivity contribution is 7.15. The van der Waals surface area contributed by atoms with Crippen molar-refractivity contribution >= 4 is 16.5 Å². The molecule has 1 aromatic heterocycles. The van der Waals surface area contributed by atoms with Gasteiger partial charge in [0.1, 0.15) is 5.75 Å². The maximum absolute atomic E-state index is 12.2. The summed E-state index contributed by atoms with van der Waals surface area (Å²) in [4.78, 5) is 5.44. The lowest BCUT2D eigenvalue weighted by Crippen LogP contribution is -2.17. The molecule has 112 valence electrons. The van der Waals surface area contributed by atoms with Crippen LogP contribution in [0.2, 0.25) is 0 Å². The van der Waals surface area contributed by atoms with Crippen LogP contribution in [0.1, 0.15) is 34.9 Å². The van der Waals surface area contributed by atoms with Crippen LogP contribution in [0.25, 0.3) is 0 Å². The second kappa shape index (κ2) is 5.22. The summed E-state index contributed by atoms with van der Waals surface area (Å²) in [5, 5.41) is 0.545. The van der Waals surface area contributed by atoms with Gasteiger partial charge in [0.2, 0.25) is 0 Å². The van der Waals surface area contributed by atoms with Gasteiger partial charge in [0, 0.05) is 10.8 Å². The summed E-state index contributed by atoms with van der Waals surface area (Å²) < 4.78 is 40.3. The predicted molar refractivity (Wildman–Crippen MR) is 74.4 cm³/mol. The molecule has 21 heavy (non-hydrogen) atoms. The van der Waals surface area contributed by atoms with Crippen molar-refractivity contribution in [2.24, 2.45) is 0 Å². The van der Waals surface area contributed by atoms with E-state index in [0.29, 0.717) is 5.13 Å². The average Bonchev–Trinajstić information content (AvgIpc) is 2.78. The summed E-state index contributed by atoms with van der Waals surface area (Å²) in [5.74, 6) is -0.0467. The van der Waals surface area contributed by atoms with Gasteiger partial charge in [-0.05, 0) is 37.0 Å². The van der Waals surface area contributed by atoms with E-state index in [9.17, 15) is 13.2 Å². The molecule has 0 saturated heterocycles. The Morgan fingerprint density at radius 3 is 2.62 bits per heavy atom. The third kappa shape index (κ3) is 3.12. The zero-order valence-electron chi connectivity index (χ0n) is 11.0. The van der Waals surface area contributed by atoms with Crippen molar-refractivity contribution in [1.29, 1.82) is 0 Å². The summed E-state index contributed by atoms with van der Waals surface area (Å²) in [6.45, 7) is 0. The first-order valence-electron chi connectivity index (χ1n) is 6.53. The van der Waals surface area contributed by atoms with Gasteiger partial charge in [-0.3, -0.25) is 0 Å². The second-order valence-electron chi connectivity index (χ2n) is 4.92. The number of halogens is 3. The summed E-state index contributed by atoms with van der Waals surface area (Å²) in [6.07, 6.45) is -1.80. The number of anilines is 1. The average molecular weight is 314 g/mol. The Kier molecular flexibility index (Phi) is 3.52. The van der Waals surface area contributed by atoms with E-state index in [1.54, 1.807) is 12.1 Å². The molecule has 0 radical (unpaired) electrons. The minimum Gasteiger partial charge on any atom is -0.406 e. The summed E-state index contributed by atoms with van der Waals surface area (Å²) in [6, 6.07) is 6.05. The van der Waals surface area contributed by atoms with Gasteiger partial charge >= 0.3 is 6.36 Å². The molecule has 2 N–H and O–H groups in total. The number of nitrogen functional groups attached to an aromatic ring is 1. The summed E-state index contributed by atoms with van der Waals surface area (Å²) in [5.41, 5.74) is 7.74. The topological polar surface area (TPSA) is 48.1 Å². The van der Waals surface area contributed by atoms with E-state index in [1.807, 2.05) is 0 Å². The van der Waals surface area contributed by atoms with Crippen molar-refractivity contribution in [3.63, 3.8) is 0 Å². The monoisotopic (exact) mass is 314 g/mol. The van der Waals surface area contributed by atoms with Crippen LogP contribution in [0.15, 0.2) is 24.3 Å². The number of hydrogen-bond donors (Lipinski definition) is 1. The number of ether oxygens (including phenoxy) is 1. The number of nitrogens with zero attached hydrogens (tertiary/aromatic N) is 1. The molecule has 0 aliphatic heterocycles. The van der Waals surface area contributed by atoms with Gasteiger partial charge in [-0.25, -0.2) is 4.98 Å². The van der Waals surface area contributed by atoms with Crippen LogP contribution < -0.4 is 10.5 Å². The molecule has 0 spiro atoms. The van der Waals surface area contributed by atoms with Gasteiger partial charge in [0.25, 0.3) is 0 Å². The van der Waals surface area contributed by atoms with Crippen LogP contribution in [-0.2, 0) is 6.42 Å². The highest BCUT2D eigenvalue weighted by Gasteiger charge is 2.31. The maximum Gasteiger partial charge on any atom is 0.573 e.